The monoisotopic (exact) mass is 263 g/mol. The van der Waals surface area contributed by atoms with Crippen molar-refractivity contribution in [3.05, 3.63) is 12.4 Å². The molecule has 0 spiro atoms. The molecule has 1 saturated heterocycles. The summed E-state index contributed by atoms with van der Waals surface area (Å²) in [6, 6.07) is 0. The molecule has 1 aromatic heterocycles. The Bertz CT molecular complexity index is 464. The van der Waals surface area contributed by atoms with Crippen molar-refractivity contribution in [1.82, 2.24) is 9.97 Å². The minimum Gasteiger partial charge on any atom is -0.369 e. The van der Waals surface area contributed by atoms with Gasteiger partial charge in [-0.15, -0.1) is 0 Å². The Kier molecular flexibility index (Phi) is 3.87. The molecule has 2 heterocycles. The quantitative estimate of drug-likeness (QED) is 0.828. The summed E-state index contributed by atoms with van der Waals surface area (Å²) in [5.74, 6) is 1.32. The maximum absolute atomic E-state index is 11.5. The van der Waals surface area contributed by atoms with Crippen molar-refractivity contribution in [2.75, 3.05) is 29.9 Å². The molecule has 0 aromatic carbocycles. The summed E-state index contributed by atoms with van der Waals surface area (Å²) in [6.07, 6.45) is 5.23. The zero-order chi connectivity index (χ0) is 13.9. The normalized spacial score (nSPS) is 22.5. The first-order valence-corrected chi connectivity index (χ1v) is 6.66. The average molecular weight is 263 g/mol. The van der Waals surface area contributed by atoms with Gasteiger partial charge in [-0.1, -0.05) is 6.92 Å². The van der Waals surface area contributed by atoms with E-state index in [0.29, 0.717) is 6.54 Å². The second-order valence-corrected chi connectivity index (χ2v) is 5.29. The average Bonchev–Trinajstić information content (AvgIpc) is 2.81. The number of hydrogen-bond acceptors (Lipinski definition) is 5. The van der Waals surface area contributed by atoms with Crippen LogP contribution in [0.1, 0.15) is 26.7 Å². The number of anilines is 2. The van der Waals surface area contributed by atoms with Gasteiger partial charge in [-0.2, -0.15) is 0 Å². The van der Waals surface area contributed by atoms with Gasteiger partial charge in [-0.05, 0) is 19.8 Å². The second kappa shape index (κ2) is 5.42. The molecule has 6 nitrogen and oxygen atoms in total. The fourth-order valence-corrected chi connectivity index (χ4v) is 2.20. The van der Waals surface area contributed by atoms with E-state index < -0.39 is 5.41 Å². The third-order valence-electron chi connectivity index (χ3n) is 3.57. The Balaban J connectivity index is 2.09. The molecule has 1 fully saturated rings. The molecular weight excluding hydrogens is 242 g/mol. The van der Waals surface area contributed by atoms with Gasteiger partial charge in [0.05, 0.1) is 17.8 Å². The molecule has 0 bridgehead atoms. The van der Waals surface area contributed by atoms with E-state index in [0.717, 1.165) is 37.6 Å². The molecule has 1 aliphatic rings. The number of nitrogens with one attached hydrogen (secondary N) is 1. The molecule has 1 atom stereocenters. The third kappa shape index (κ3) is 2.94. The fraction of sp³-hybridized carbons (Fsp3) is 0.615. The number of carbonyl (C=O) groups is 1. The lowest BCUT2D eigenvalue weighted by atomic mass is 9.89. The van der Waals surface area contributed by atoms with E-state index in [4.69, 9.17) is 5.73 Å². The molecule has 0 aliphatic carbocycles. The standard InChI is InChI=1S/C13H21N5O/c1-3-5-16-10-7-15-8-11(17-10)18-6-4-13(2,9-18)12(14)19/h7-8H,3-6,9H2,1-2H3,(H2,14,19)(H,16,17). The number of carbonyl (C=O) groups excluding carboxylic acids is 1. The number of rotatable bonds is 5. The van der Waals surface area contributed by atoms with E-state index in [1.807, 2.05) is 6.92 Å². The lowest BCUT2D eigenvalue weighted by Gasteiger charge is -2.21. The van der Waals surface area contributed by atoms with Crippen molar-refractivity contribution >= 4 is 17.5 Å². The van der Waals surface area contributed by atoms with Crippen LogP contribution in [0.4, 0.5) is 11.6 Å². The van der Waals surface area contributed by atoms with Crippen molar-refractivity contribution in [1.29, 1.82) is 0 Å². The first-order valence-electron chi connectivity index (χ1n) is 6.66. The molecule has 104 valence electrons. The van der Waals surface area contributed by atoms with Crippen molar-refractivity contribution < 1.29 is 4.79 Å². The Hall–Kier alpha value is -1.85. The van der Waals surface area contributed by atoms with Crippen molar-refractivity contribution in [2.24, 2.45) is 11.1 Å². The van der Waals surface area contributed by atoms with Crippen LogP contribution >= 0.6 is 0 Å². The third-order valence-corrected chi connectivity index (χ3v) is 3.57. The molecule has 3 N–H and O–H groups in total. The molecule has 6 heteroatoms. The number of hydrogen-bond donors (Lipinski definition) is 2. The van der Waals surface area contributed by atoms with Gasteiger partial charge >= 0.3 is 0 Å². The van der Waals surface area contributed by atoms with Crippen molar-refractivity contribution in [2.45, 2.75) is 26.7 Å². The number of primary amides is 1. The Morgan fingerprint density at radius 1 is 1.58 bits per heavy atom. The number of amides is 1. The van der Waals surface area contributed by atoms with Gasteiger partial charge in [0.25, 0.3) is 0 Å². The Morgan fingerprint density at radius 2 is 2.37 bits per heavy atom. The lowest BCUT2D eigenvalue weighted by molar-refractivity contribution is -0.125. The smallest absolute Gasteiger partial charge is 0.225 e. The Labute approximate surface area is 113 Å². The molecule has 1 unspecified atom stereocenters. The number of nitrogens with two attached hydrogens (primary N) is 1. The van der Waals surface area contributed by atoms with E-state index >= 15 is 0 Å². The van der Waals surface area contributed by atoms with Gasteiger partial charge in [0, 0.05) is 19.6 Å². The van der Waals surface area contributed by atoms with Crippen LogP contribution in [0, 0.1) is 5.41 Å². The zero-order valence-corrected chi connectivity index (χ0v) is 11.5. The number of nitrogens with zero attached hydrogens (tertiary/aromatic N) is 3. The molecule has 19 heavy (non-hydrogen) atoms. The SMILES string of the molecule is CCCNc1cncc(N2CCC(C)(C(N)=O)C2)n1. The van der Waals surface area contributed by atoms with Gasteiger partial charge in [-0.3, -0.25) is 9.78 Å². The molecule has 1 aromatic rings. The van der Waals surface area contributed by atoms with Crippen molar-refractivity contribution in [3.8, 4) is 0 Å². The summed E-state index contributed by atoms with van der Waals surface area (Å²) >= 11 is 0. The topological polar surface area (TPSA) is 84.1 Å². The fourth-order valence-electron chi connectivity index (χ4n) is 2.20. The van der Waals surface area contributed by atoms with E-state index in [1.54, 1.807) is 12.4 Å². The second-order valence-electron chi connectivity index (χ2n) is 5.29. The first-order chi connectivity index (χ1) is 9.05. The summed E-state index contributed by atoms with van der Waals surface area (Å²) < 4.78 is 0. The lowest BCUT2D eigenvalue weighted by Crippen LogP contribution is -2.37. The predicted octanol–water partition coefficient (Wildman–Crippen LogP) is 1.00. The highest BCUT2D eigenvalue weighted by molar-refractivity contribution is 5.82. The van der Waals surface area contributed by atoms with E-state index in [-0.39, 0.29) is 5.91 Å². The maximum Gasteiger partial charge on any atom is 0.225 e. The highest BCUT2D eigenvalue weighted by Gasteiger charge is 2.39. The minimum atomic E-state index is -0.464. The van der Waals surface area contributed by atoms with Crippen LogP contribution in [-0.2, 0) is 4.79 Å². The van der Waals surface area contributed by atoms with Gasteiger partial charge in [0.2, 0.25) is 5.91 Å². The van der Waals surface area contributed by atoms with Crippen molar-refractivity contribution in [3.63, 3.8) is 0 Å². The highest BCUT2D eigenvalue weighted by atomic mass is 16.1. The van der Waals surface area contributed by atoms with Gasteiger partial charge in [-0.25, -0.2) is 4.98 Å². The molecular formula is C13H21N5O. The largest absolute Gasteiger partial charge is 0.369 e. The van der Waals surface area contributed by atoms with E-state index in [1.165, 1.54) is 0 Å². The summed E-state index contributed by atoms with van der Waals surface area (Å²) in [5, 5.41) is 3.21. The summed E-state index contributed by atoms with van der Waals surface area (Å²) in [5.41, 5.74) is 4.99. The molecule has 1 amide bonds. The first kappa shape index (κ1) is 13.6. The van der Waals surface area contributed by atoms with E-state index in [9.17, 15) is 4.79 Å². The molecule has 0 radical (unpaired) electrons. The van der Waals surface area contributed by atoms with Crippen LogP contribution in [0.25, 0.3) is 0 Å². The van der Waals surface area contributed by atoms with Crippen LogP contribution < -0.4 is 16.0 Å². The summed E-state index contributed by atoms with van der Waals surface area (Å²) in [6.45, 7) is 6.27. The Morgan fingerprint density at radius 3 is 3.00 bits per heavy atom. The molecule has 0 saturated carbocycles. The van der Waals surface area contributed by atoms with E-state index in [2.05, 4.69) is 27.1 Å². The maximum atomic E-state index is 11.5. The van der Waals surface area contributed by atoms with Crippen LogP contribution in [0.15, 0.2) is 12.4 Å². The van der Waals surface area contributed by atoms with Crippen LogP contribution in [0.2, 0.25) is 0 Å². The van der Waals surface area contributed by atoms with Crippen LogP contribution in [-0.4, -0.2) is 35.5 Å². The molecule has 1 aliphatic heterocycles. The minimum absolute atomic E-state index is 0.247. The van der Waals surface area contributed by atoms with Gasteiger partial charge in [0.1, 0.15) is 11.6 Å². The zero-order valence-electron chi connectivity index (χ0n) is 11.5. The van der Waals surface area contributed by atoms with Crippen LogP contribution in [0.3, 0.4) is 0 Å². The van der Waals surface area contributed by atoms with Gasteiger partial charge < -0.3 is 16.0 Å². The summed E-state index contributed by atoms with van der Waals surface area (Å²) in [7, 11) is 0. The number of aromatic nitrogens is 2. The highest BCUT2D eigenvalue weighted by Crippen LogP contribution is 2.32. The van der Waals surface area contributed by atoms with Crippen LogP contribution in [0.5, 0.6) is 0 Å². The predicted molar refractivity (Wildman–Crippen MR) is 74.9 cm³/mol. The molecule has 2 rings (SSSR count). The summed E-state index contributed by atoms with van der Waals surface area (Å²) in [4.78, 5) is 22.2. The van der Waals surface area contributed by atoms with Gasteiger partial charge in [0.15, 0.2) is 0 Å².